The second-order valence-corrected chi connectivity index (χ2v) is 5.71. The van der Waals surface area contributed by atoms with Gasteiger partial charge < -0.3 is 9.84 Å². The summed E-state index contributed by atoms with van der Waals surface area (Å²) in [5.41, 5.74) is 1.25. The van der Waals surface area contributed by atoms with Crippen LogP contribution in [0.1, 0.15) is 30.8 Å². The summed E-state index contributed by atoms with van der Waals surface area (Å²) in [4.78, 5) is 20.2. The number of aromatic nitrogens is 3. The first-order chi connectivity index (χ1) is 12.5. The van der Waals surface area contributed by atoms with Crippen LogP contribution in [0, 0.1) is 11.6 Å². The second kappa shape index (κ2) is 7.81. The number of amides is 1. The Morgan fingerprint density at radius 3 is 2.69 bits per heavy atom. The molecule has 1 amide bonds. The molecule has 8 heteroatoms. The highest BCUT2D eigenvalue weighted by molar-refractivity contribution is 5.76. The van der Waals surface area contributed by atoms with Gasteiger partial charge in [0.1, 0.15) is 0 Å². The van der Waals surface area contributed by atoms with Crippen LogP contribution < -0.4 is 5.32 Å². The third-order valence-corrected chi connectivity index (χ3v) is 3.79. The number of hydrogen-bond acceptors (Lipinski definition) is 5. The fourth-order valence-electron chi connectivity index (χ4n) is 2.37. The second-order valence-electron chi connectivity index (χ2n) is 5.71. The summed E-state index contributed by atoms with van der Waals surface area (Å²) in [5.74, 6) is -1.36. The molecule has 2 aromatic heterocycles. The van der Waals surface area contributed by atoms with E-state index in [4.69, 9.17) is 4.52 Å². The van der Waals surface area contributed by atoms with E-state index in [1.807, 2.05) is 0 Å². The minimum atomic E-state index is -0.946. The smallest absolute Gasteiger partial charge is 0.227 e. The largest absolute Gasteiger partial charge is 0.350 e. The van der Waals surface area contributed by atoms with Crippen molar-refractivity contribution in [2.24, 2.45) is 0 Å². The Morgan fingerprint density at radius 1 is 1.19 bits per heavy atom. The average molecular weight is 358 g/mol. The van der Waals surface area contributed by atoms with Crippen LogP contribution in [0.2, 0.25) is 0 Å². The van der Waals surface area contributed by atoms with E-state index in [9.17, 15) is 13.6 Å². The highest BCUT2D eigenvalue weighted by Gasteiger charge is 2.14. The molecule has 0 saturated heterocycles. The molecule has 2 heterocycles. The molecule has 0 bridgehead atoms. The summed E-state index contributed by atoms with van der Waals surface area (Å²) in [6.07, 6.45) is 3.65. The zero-order valence-corrected chi connectivity index (χ0v) is 13.9. The van der Waals surface area contributed by atoms with Crippen molar-refractivity contribution in [3.63, 3.8) is 0 Å². The summed E-state index contributed by atoms with van der Waals surface area (Å²) >= 11 is 0. The molecule has 26 heavy (non-hydrogen) atoms. The zero-order valence-electron chi connectivity index (χ0n) is 13.9. The van der Waals surface area contributed by atoms with Crippen LogP contribution in [0.5, 0.6) is 0 Å². The van der Waals surface area contributed by atoms with E-state index in [2.05, 4.69) is 20.4 Å². The lowest BCUT2D eigenvalue weighted by Gasteiger charge is -2.14. The first-order valence-corrected chi connectivity index (χ1v) is 8.00. The van der Waals surface area contributed by atoms with Crippen molar-refractivity contribution in [3.05, 3.63) is 65.8 Å². The summed E-state index contributed by atoms with van der Waals surface area (Å²) in [6, 6.07) is 6.59. The van der Waals surface area contributed by atoms with Gasteiger partial charge in [0, 0.05) is 30.8 Å². The van der Waals surface area contributed by atoms with Crippen molar-refractivity contribution in [1.29, 1.82) is 0 Å². The Morgan fingerprint density at radius 2 is 1.96 bits per heavy atom. The maximum atomic E-state index is 13.3. The highest BCUT2D eigenvalue weighted by atomic mass is 19.2. The third-order valence-electron chi connectivity index (χ3n) is 3.79. The number of nitrogens with one attached hydrogen (secondary N) is 1. The molecular formula is C18H16F2N4O2. The number of nitrogens with zero attached hydrogens (tertiary/aromatic N) is 3. The van der Waals surface area contributed by atoms with Gasteiger partial charge in [0.2, 0.25) is 17.6 Å². The van der Waals surface area contributed by atoms with Crippen LogP contribution in [0.15, 0.2) is 47.2 Å². The minimum Gasteiger partial charge on any atom is -0.350 e. The number of carbonyl (C=O) groups is 1. The standard InChI is InChI=1S/C18H16F2N4O2/c1-11(13-2-3-14(19)15(20)10-13)22-16(25)4-5-17-23-18(24-26-17)12-6-8-21-9-7-12/h2-3,6-11H,4-5H2,1H3,(H,22,25). The van der Waals surface area contributed by atoms with Crippen LogP contribution in [0.3, 0.4) is 0 Å². The van der Waals surface area contributed by atoms with Crippen molar-refractivity contribution in [3.8, 4) is 11.4 Å². The third kappa shape index (κ3) is 4.27. The van der Waals surface area contributed by atoms with Crippen molar-refractivity contribution in [2.45, 2.75) is 25.8 Å². The predicted octanol–water partition coefficient (Wildman–Crippen LogP) is 3.22. The van der Waals surface area contributed by atoms with Crippen LogP contribution in [-0.4, -0.2) is 21.0 Å². The van der Waals surface area contributed by atoms with Gasteiger partial charge in [0.05, 0.1) is 6.04 Å². The van der Waals surface area contributed by atoms with Gasteiger partial charge in [-0.15, -0.1) is 0 Å². The maximum absolute atomic E-state index is 13.3. The predicted molar refractivity (Wildman–Crippen MR) is 88.8 cm³/mol. The van der Waals surface area contributed by atoms with Gasteiger partial charge in [-0.3, -0.25) is 9.78 Å². The number of pyridine rings is 1. The number of aryl methyl sites for hydroxylation is 1. The lowest BCUT2D eigenvalue weighted by Crippen LogP contribution is -2.27. The number of benzene rings is 1. The van der Waals surface area contributed by atoms with E-state index in [0.717, 1.165) is 17.7 Å². The average Bonchev–Trinajstić information content (AvgIpc) is 3.12. The van der Waals surface area contributed by atoms with Crippen molar-refractivity contribution < 1.29 is 18.1 Å². The van der Waals surface area contributed by atoms with E-state index in [0.29, 0.717) is 17.3 Å². The van der Waals surface area contributed by atoms with Crippen LogP contribution >= 0.6 is 0 Å². The quantitative estimate of drug-likeness (QED) is 0.732. The van der Waals surface area contributed by atoms with Gasteiger partial charge >= 0.3 is 0 Å². The summed E-state index contributed by atoms with van der Waals surface area (Å²) in [7, 11) is 0. The maximum Gasteiger partial charge on any atom is 0.227 e. The SMILES string of the molecule is CC(NC(=O)CCc1nc(-c2ccncc2)no1)c1ccc(F)c(F)c1. The first-order valence-electron chi connectivity index (χ1n) is 8.00. The fraction of sp³-hybridized carbons (Fsp3) is 0.222. The molecule has 1 N–H and O–H groups in total. The van der Waals surface area contributed by atoms with Crippen molar-refractivity contribution in [2.75, 3.05) is 0 Å². The van der Waals surface area contributed by atoms with Gasteiger partial charge in [-0.2, -0.15) is 4.98 Å². The molecule has 3 aromatic rings. The van der Waals surface area contributed by atoms with Gasteiger partial charge in [-0.25, -0.2) is 8.78 Å². The molecule has 134 valence electrons. The molecule has 0 radical (unpaired) electrons. The summed E-state index contributed by atoms with van der Waals surface area (Å²) in [6.45, 7) is 1.69. The van der Waals surface area contributed by atoms with Crippen LogP contribution in [-0.2, 0) is 11.2 Å². The Hall–Kier alpha value is -3.16. The minimum absolute atomic E-state index is 0.131. The molecule has 3 rings (SSSR count). The molecule has 6 nitrogen and oxygen atoms in total. The van der Waals surface area contributed by atoms with Crippen molar-refractivity contribution >= 4 is 5.91 Å². The zero-order chi connectivity index (χ0) is 18.5. The summed E-state index contributed by atoms with van der Waals surface area (Å²) in [5, 5.41) is 6.59. The normalized spacial score (nSPS) is 12.0. The van der Waals surface area contributed by atoms with Gasteiger partial charge in [0.15, 0.2) is 11.6 Å². The molecule has 1 aromatic carbocycles. The van der Waals surface area contributed by atoms with Gasteiger partial charge in [-0.05, 0) is 36.8 Å². The Kier molecular flexibility index (Phi) is 5.31. The molecule has 1 unspecified atom stereocenters. The summed E-state index contributed by atoms with van der Waals surface area (Å²) < 4.78 is 31.4. The van der Waals surface area contributed by atoms with Gasteiger partial charge in [-0.1, -0.05) is 11.2 Å². The topological polar surface area (TPSA) is 80.9 Å². The fourth-order valence-corrected chi connectivity index (χ4v) is 2.37. The molecule has 0 aliphatic carbocycles. The number of hydrogen-bond donors (Lipinski definition) is 1. The van der Waals surface area contributed by atoms with Crippen molar-refractivity contribution in [1.82, 2.24) is 20.4 Å². The van der Waals surface area contributed by atoms with Crippen LogP contribution in [0.25, 0.3) is 11.4 Å². The number of rotatable bonds is 6. The molecule has 0 fully saturated rings. The van der Waals surface area contributed by atoms with E-state index < -0.39 is 17.7 Å². The monoisotopic (exact) mass is 358 g/mol. The Balaban J connectivity index is 1.54. The number of carbonyl (C=O) groups excluding carboxylic acids is 1. The molecule has 0 spiro atoms. The van der Waals surface area contributed by atoms with E-state index in [1.54, 1.807) is 31.5 Å². The van der Waals surface area contributed by atoms with Crippen LogP contribution in [0.4, 0.5) is 8.78 Å². The first kappa shape index (κ1) is 17.7. The number of halogens is 2. The van der Waals surface area contributed by atoms with E-state index >= 15 is 0 Å². The Bertz CT molecular complexity index is 899. The van der Waals surface area contributed by atoms with Gasteiger partial charge in [0.25, 0.3) is 0 Å². The lowest BCUT2D eigenvalue weighted by molar-refractivity contribution is -0.121. The van der Waals surface area contributed by atoms with E-state index in [1.165, 1.54) is 6.07 Å². The lowest BCUT2D eigenvalue weighted by atomic mass is 10.1. The molecule has 1 atom stereocenters. The highest BCUT2D eigenvalue weighted by Crippen LogP contribution is 2.17. The molecule has 0 saturated carbocycles. The van der Waals surface area contributed by atoms with E-state index in [-0.39, 0.29) is 18.7 Å². The molecule has 0 aliphatic heterocycles. The molecule has 0 aliphatic rings. The molecular weight excluding hydrogens is 342 g/mol. The Labute approximate surface area is 148 Å².